The first-order valence-electron chi connectivity index (χ1n) is 6.56. The van der Waals surface area contributed by atoms with Gasteiger partial charge in [0.2, 0.25) is 0 Å². The van der Waals surface area contributed by atoms with Crippen molar-refractivity contribution in [1.29, 1.82) is 0 Å². The van der Waals surface area contributed by atoms with Gasteiger partial charge in [0.1, 0.15) is 16.6 Å². The molecule has 1 aromatic heterocycles. The third-order valence-electron chi connectivity index (χ3n) is 3.59. The van der Waals surface area contributed by atoms with Crippen molar-refractivity contribution >= 4 is 11.3 Å². The molecule has 0 bridgehead atoms. The van der Waals surface area contributed by atoms with Gasteiger partial charge >= 0.3 is 0 Å². The minimum Gasteiger partial charge on any atom is -0.323 e. The molecule has 0 amide bonds. The number of hydrogen-bond acceptors (Lipinski definition) is 3. The van der Waals surface area contributed by atoms with E-state index >= 15 is 0 Å². The van der Waals surface area contributed by atoms with Crippen LogP contribution in [-0.4, -0.2) is 4.98 Å². The van der Waals surface area contributed by atoms with E-state index < -0.39 is 11.6 Å². The van der Waals surface area contributed by atoms with E-state index in [4.69, 9.17) is 5.73 Å². The van der Waals surface area contributed by atoms with Gasteiger partial charge in [-0.15, -0.1) is 11.3 Å². The maximum absolute atomic E-state index is 13.3. The number of thiazole rings is 1. The molecule has 1 aromatic carbocycles. The average molecular weight is 294 g/mol. The highest BCUT2D eigenvalue weighted by Crippen LogP contribution is 2.43. The lowest BCUT2D eigenvalue weighted by Crippen LogP contribution is -2.28. The highest BCUT2D eigenvalue weighted by atomic mass is 32.1. The standard InChI is InChI=1S/C15H16F2N2S/c1-15(2)6-11(18)13-12(7-15)19-14(20-13)8-3-9(16)5-10(17)4-8/h3-5,11H,6-7,18H2,1-2H3. The van der Waals surface area contributed by atoms with Crippen molar-refractivity contribution in [3.8, 4) is 10.6 Å². The topological polar surface area (TPSA) is 38.9 Å². The smallest absolute Gasteiger partial charge is 0.126 e. The summed E-state index contributed by atoms with van der Waals surface area (Å²) in [5.41, 5.74) is 7.76. The quantitative estimate of drug-likeness (QED) is 0.861. The fourth-order valence-electron chi connectivity index (χ4n) is 2.79. The Morgan fingerprint density at radius 2 is 1.90 bits per heavy atom. The molecule has 1 unspecified atom stereocenters. The number of halogens is 2. The summed E-state index contributed by atoms with van der Waals surface area (Å²) in [6.07, 6.45) is 1.75. The van der Waals surface area contributed by atoms with Crippen molar-refractivity contribution in [3.63, 3.8) is 0 Å². The normalized spacial score (nSPS) is 20.8. The molecule has 0 radical (unpaired) electrons. The van der Waals surface area contributed by atoms with Gasteiger partial charge < -0.3 is 5.73 Å². The molecule has 2 aromatic rings. The number of rotatable bonds is 1. The Bertz CT molecular complexity index is 644. The number of nitrogens with two attached hydrogens (primary N) is 1. The zero-order valence-corrected chi connectivity index (χ0v) is 12.2. The first kappa shape index (κ1) is 13.6. The summed E-state index contributed by atoms with van der Waals surface area (Å²) in [5.74, 6) is -1.17. The van der Waals surface area contributed by atoms with Crippen molar-refractivity contribution in [1.82, 2.24) is 4.98 Å². The molecule has 0 aliphatic heterocycles. The monoisotopic (exact) mass is 294 g/mol. The summed E-state index contributed by atoms with van der Waals surface area (Å²) in [5, 5.41) is 0.640. The highest BCUT2D eigenvalue weighted by Gasteiger charge is 2.33. The largest absolute Gasteiger partial charge is 0.323 e. The van der Waals surface area contributed by atoms with Gasteiger partial charge in [0, 0.05) is 22.5 Å². The first-order valence-corrected chi connectivity index (χ1v) is 7.37. The Morgan fingerprint density at radius 1 is 1.25 bits per heavy atom. The average Bonchev–Trinajstić information content (AvgIpc) is 2.69. The molecular weight excluding hydrogens is 278 g/mol. The Balaban J connectivity index is 2.05. The fourth-order valence-corrected chi connectivity index (χ4v) is 3.86. The lowest BCUT2D eigenvalue weighted by molar-refractivity contribution is 0.282. The van der Waals surface area contributed by atoms with Crippen LogP contribution in [0.3, 0.4) is 0 Å². The SMILES string of the molecule is CC1(C)Cc2nc(-c3cc(F)cc(F)c3)sc2C(N)C1. The molecule has 1 aliphatic rings. The van der Waals surface area contributed by atoms with Crippen LogP contribution < -0.4 is 5.73 Å². The number of benzene rings is 1. The Kier molecular flexibility index (Phi) is 3.14. The van der Waals surface area contributed by atoms with E-state index in [1.807, 2.05) is 0 Å². The molecule has 1 heterocycles. The Labute approximate surface area is 120 Å². The first-order chi connectivity index (χ1) is 9.34. The van der Waals surface area contributed by atoms with E-state index in [9.17, 15) is 8.78 Å². The predicted molar refractivity (Wildman–Crippen MR) is 76.5 cm³/mol. The van der Waals surface area contributed by atoms with Crippen LogP contribution in [0.4, 0.5) is 8.78 Å². The fraction of sp³-hybridized carbons (Fsp3) is 0.400. The Morgan fingerprint density at radius 3 is 2.55 bits per heavy atom. The van der Waals surface area contributed by atoms with E-state index in [1.54, 1.807) is 0 Å². The summed E-state index contributed by atoms with van der Waals surface area (Å²) < 4.78 is 26.6. The second-order valence-corrected chi connectivity index (χ2v) is 7.17. The lowest BCUT2D eigenvalue weighted by atomic mass is 9.77. The summed E-state index contributed by atoms with van der Waals surface area (Å²) in [6.45, 7) is 4.33. The molecule has 0 spiro atoms. The minimum atomic E-state index is -0.585. The molecule has 2 N–H and O–H groups in total. The summed E-state index contributed by atoms with van der Waals surface area (Å²) in [4.78, 5) is 5.60. The molecule has 20 heavy (non-hydrogen) atoms. The molecule has 0 fully saturated rings. The van der Waals surface area contributed by atoms with Crippen LogP contribution in [0.15, 0.2) is 18.2 Å². The van der Waals surface area contributed by atoms with Crippen molar-refractivity contribution in [2.24, 2.45) is 11.1 Å². The van der Waals surface area contributed by atoms with Gasteiger partial charge in [0.15, 0.2) is 0 Å². The van der Waals surface area contributed by atoms with Crippen LogP contribution in [0.2, 0.25) is 0 Å². The third kappa shape index (κ3) is 2.47. The Hall–Kier alpha value is -1.33. The third-order valence-corrected chi connectivity index (χ3v) is 4.87. The van der Waals surface area contributed by atoms with Gasteiger partial charge in [0.05, 0.1) is 5.69 Å². The van der Waals surface area contributed by atoms with Gasteiger partial charge in [-0.1, -0.05) is 13.8 Å². The molecule has 2 nitrogen and oxygen atoms in total. The molecular formula is C15H16F2N2S. The molecule has 5 heteroatoms. The van der Waals surface area contributed by atoms with Gasteiger partial charge in [-0.2, -0.15) is 0 Å². The van der Waals surface area contributed by atoms with Crippen LogP contribution in [0, 0.1) is 17.0 Å². The van der Waals surface area contributed by atoms with E-state index in [2.05, 4.69) is 18.8 Å². The number of nitrogens with zero attached hydrogens (tertiary/aromatic N) is 1. The highest BCUT2D eigenvalue weighted by molar-refractivity contribution is 7.15. The minimum absolute atomic E-state index is 0.0431. The van der Waals surface area contributed by atoms with Crippen LogP contribution >= 0.6 is 11.3 Å². The zero-order valence-electron chi connectivity index (χ0n) is 11.4. The van der Waals surface area contributed by atoms with Crippen LogP contribution in [0.1, 0.15) is 36.9 Å². The summed E-state index contributed by atoms with van der Waals surface area (Å²) >= 11 is 1.45. The second-order valence-electron chi connectivity index (χ2n) is 6.14. The zero-order chi connectivity index (χ0) is 14.5. The van der Waals surface area contributed by atoms with E-state index in [0.29, 0.717) is 10.6 Å². The number of aromatic nitrogens is 1. The van der Waals surface area contributed by atoms with Gasteiger partial charge in [-0.3, -0.25) is 0 Å². The van der Waals surface area contributed by atoms with Crippen molar-refractivity contribution in [2.75, 3.05) is 0 Å². The maximum atomic E-state index is 13.3. The summed E-state index contributed by atoms with van der Waals surface area (Å²) in [6, 6.07) is 3.44. The molecule has 1 aliphatic carbocycles. The molecule has 0 saturated carbocycles. The van der Waals surface area contributed by atoms with Crippen molar-refractivity contribution in [2.45, 2.75) is 32.7 Å². The van der Waals surface area contributed by atoms with Gasteiger partial charge in [-0.05, 0) is 30.4 Å². The predicted octanol–water partition coefficient (Wildman–Crippen LogP) is 4.06. The van der Waals surface area contributed by atoms with Gasteiger partial charge in [0.25, 0.3) is 0 Å². The van der Waals surface area contributed by atoms with Crippen LogP contribution in [-0.2, 0) is 6.42 Å². The molecule has 0 saturated heterocycles. The van der Waals surface area contributed by atoms with E-state index in [1.165, 1.54) is 23.5 Å². The van der Waals surface area contributed by atoms with E-state index in [-0.39, 0.29) is 11.5 Å². The molecule has 106 valence electrons. The van der Waals surface area contributed by atoms with Crippen LogP contribution in [0.25, 0.3) is 10.6 Å². The maximum Gasteiger partial charge on any atom is 0.126 e. The summed E-state index contributed by atoms with van der Waals surface area (Å²) in [7, 11) is 0. The van der Waals surface area contributed by atoms with Crippen LogP contribution in [0.5, 0.6) is 0 Å². The molecule has 1 atom stereocenters. The van der Waals surface area contributed by atoms with Gasteiger partial charge in [-0.25, -0.2) is 13.8 Å². The second kappa shape index (κ2) is 4.60. The van der Waals surface area contributed by atoms with Crippen molar-refractivity contribution in [3.05, 3.63) is 40.4 Å². The number of fused-ring (bicyclic) bond motifs is 1. The lowest BCUT2D eigenvalue weighted by Gasteiger charge is -2.32. The van der Waals surface area contributed by atoms with E-state index in [0.717, 1.165) is 29.5 Å². The van der Waals surface area contributed by atoms with Crippen molar-refractivity contribution < 1.29 is 8.78 Å². The number of hydrogen-bond donors (Lipinski definition) is 1. The molecule has 3 rings (SSSR count).